The van der Waals surface area contributed by atoms with Gasteiger partial charge in [0.1, 0.15) is 16.5 Å². The molecule has 0 saturated heterocycles. The van der Waals surface area contributed by atoms with E-state index >= 15 is 0 Å². The molecule has 6 heteroatoms. The average molecular weight is 318 g/mol. The third kappa shape index (κ3) is 3.99. The van der Waals surface area contributed by atoms with Gasteiger partial charge in [0.05, 0.1) is 4.90 Å². The van der Waals surface area contributed by atoms with Gasteiger partial charge in [0.2, 0.25) is 6.54 Å². The smallest absolute Gasteiger partial charge is 0.226 e. The lowest BCUT2D eigenvalue weighted by Crippen LogP contribution is -2.46. The first-order valence-electron chi connectivity index (χ1n) is 6.84. The molecule has 0 heterocycles. The highest BCUT2D eigenvalue weighted by Crippen LogP contribution is 2.23. The number of nitrogens with zero attached hydrogens (tertiary/aromatic N) is 1. The van der Waals surface area contributed by atoms with Crippen molar-refractivity contribution >= 4 is 11.0 Å². The predicted octanol–water partition coefficient (Wildman–Crippen LogP) is 2.80. The minimum absolute atomic E-state index is 0.353. The third-order valence-corrected chi connectivity index (χ3v) is 4.75. The molecule has 0 aliphatic carbocycles. The molecule has 0 aliphatic rings. The quantitative estimate of drug-likeness (QED) is 0.657. The predicted molar refractivity (Wildman–Crippen MR) is 86.4 cm³/mol. The summed E-state index contributed by atoms with van der Waals surface area (Å²) in [4.78, 5) is 11.2. The molecule has 0 spiro atoms. The summed E-state index contributed by atoms with van der Waals surface area (Å²) in [6.45, 7) is 3.28. The fourth-order valence-electron chi connectivity index (χ4n) is 2.17. The van der Waals surface area contributed by atoms with Crippen LogP contribution in [0.1, 0.15) is 18.1 Å². The van der Waals surface area contributed by atoms with Crippen LogP contribution in [0.3, 0.4) is 0 Å². The minimum Gasteiger partial charge on any atom is -0.264 e. The number of aryl methyl sites for hydroxylation is 1. The van der Waals surface area contributed by atoms with Crippen LogP contribution >= 0.6 is 0 Å². The lowest BCUT2D eigenvalue weighted by atomic mass is 9.93. The second-order valence-corrected chi connectivity index (χ2v) is 6.59. The minimum atomic E-state index is -1.53. The van der Waals surface area contributed by atoms with Crippen molar-refractivity contribution in [2.24, 2.45) is 0 Å². The maximum absolute atomic E-state index is 12.5. The van der Waals surface area contributed by atoms with Crippen molar-refractivity contribution in [3.63, 3.8) is 0 Å². The largest absolute Gasteiger partial charge is 0.264 e. The Kier molecular flexibility index (Phi) is 5.05. The van der Waals surface area contributed by atoms with Gasteiger partial charge < -0.3 is 0 Å². The fourth-order valence-corrected chi connectivity index (χ4v) is 3.26. The van der Waals surface area contributed by atoms with Crippen molar-refractivity contribution in [2.45, 2.75) is 24.3 Å². The van der Waals surface area contributed by atoms with E-state index in [1.807, 2.05) is 37.3 Å². The second-order valence-electron chi connectivity index (χ2n) is 5.37. The van der Waals surface area contributed by atoms with E-state index in [0.29, 0.717) is 4.90 Å². The van der Waals surface area contributed by atoms with Crippen LogP contribution in [0.15, 0.2) is 59.5 Å². The van der Waals surface area contributed by atoms with E-state index in [4.69, 9.17) is 0 Å². The third-order valence-electron chi connectivity index (χ3n) is 3.41. The van der Waals surface area contributed by atoms with Gasteiger partial charge in [-0.15, -0.1) is 0 Å². The van der Waals surface area contributed by atoms with E-state index in [1.165, 1.54) is 0 Å². The van der Waals surface area contributed by atoms with Gasteiger partial charge in [-0.1, -0.05) is 48.0 Å². The number of benzene rings is 2. The Morgan fingerprint density at radius 1 is 1.14 bits per heavy atom. The first kappa shape index (κ1) is 16.3. The van der Waals surface area contributed by atoms with Crippen molar-refractivity contribution < 1.29 is 9.13 Å². The molecule has 116 valence electrons. The number of hydrogen-bond acceptors (Lipinski definition) is 3. The molecule has 2 rings (SSSR count). The van der Waals surface area contributed by atoms with E-state index in [2.05, 4.69) is 4.72 Å². The van der Waals surface area contributed by atoms with Gasteiger partial charge >= 0.3 is 0 Å². The van der Waals surface area contributed by atoms with Crippen LogP contribution < -0.4 is 4.72 Å². The summed E-state index contributed by atoms with van der Waals surface area (Å²) in [6, 6.07) is 16.3. The van der Waals surface area contributed by atoms with Gasteiger partial charge in [0.25, 0.3) is 0 Å². The van der Waals surface area contributed by atoms with Crippen LogP contribution in [0.4, 0.5) is 0 Å². The highest BCUT2D eigenvalue weighted by atomic mass is 32.2. The van der Waals surface area contributed by atoms with Crippen molar-refractivity contribution in [3.05, 3.63) is 75.8 Å². The number of rotatable bonds is 6. The Hall–Kier alpha value is -2.05. The summed E-state index contributed by atoms with van der Waals surface area (Å²) in [7, 11) is -1.53. The van der Waals surface area contributed by atoms with E-state index < -0.39 is 21.4 Å². The Morgan fingerprint density at radius 2 is 1.73 bits per heavy atom. The zero-order valence-electron chi connectivity index (χ0n) is 12.5. The van der Waals surface area contributed by atoms with Gasteiger partial charge in [-0.05, 0) is 31.5 Å². The van der Waals surface area contributed by atoms with E-state index in [-0.39, 0.29) is 6.54 Å². The van der Waals surface area contributed by atoms with Crippen LogP contribution in [-0.4, -0.2) is 15.7 Å². The molecule has 0 aromatic heterocycles. The van der Waals surface area contributed by atoms with Crippen LogP contribution in [0.5, 0.6) is 0 Å². The summed E-state index contributed by atoms with van der Waals surface area (Å²) in [6.07, 6.45) is 0. The van der Waals surface area contributed by atoms with Crippen LogP contribution in [0, 0.1) is 17.0 Å². The molecule has 1 N–H and O–H groups in total. The number of nitro groups is 1. The van der Waals surface area contributed by atoms with Gasteiger partial charge in [0.15, 0.2) is 0 Å². The summed E-state index contributed by atoms with van der Waals surface area (Å²) in [5.74, 6) is 0. The second kappa shape index (κ2) is 6.81. The topological polar surface area (TPSA) is 72.2 Å². The molecule has 0 amide bonds. The number of nitrogens with one attached hydrogen (secondary N) is 1. The highest BCUT2D eigenvalue weighted by molar-refractivity contribution is 7.83. The molecule has 0 aliphatic heterocycles. The first-order chi connectivity index (χ1) is 10.4. The molecule has 0 bridgehead atoms. The van der Waals surface area contributed by atoms with Gasteiger partial charge in [-0.3, -0.25) is 10.1 Å². The molecule has 2 aromatic carbocycles. The SMILES string of the molecule is Cc1ccc(S(=O)N[C@@](C)(C[N+](=O)[O-])c2ccccc2)cc1. The molecule has 0 fully saturated rings. The molecule has 22 heavy (non-hydrogen) atoms. The Morgan fingerprint density at radius 3 is 2.27 bits per heavy atom. The first-order valence-corrected chi connectivity index (χ1v) is 7.99. The Bertz CT molecular complexity index is 674. The molecule has 1 unspecified atom stereocenters. The van der Waals surface area contributed by atoms with Crippen molar-refractivity contribution in [3.8, 4) is 0 Å². The maximum Gasteiger partial charge on any atom is 0.226 e. The van der Waals surface area contributed by atoms with Crippen LogP contribution in [0.2, 0.25) is 0 Å². The van der Waals surface area contributed by atoms with E-state index in [0.717, 1.165) is 11.1 Å². The highest BCUT2D eigenvalue weighted by Gasteiger charge is 2.34. The van der Waals surface area contributed by atoms with Crippen molar-refractivity contribution in [1.29, 1.82) is 0 Å². The summed E-state index contributed by atoms with van der Waals surface area (Å²) < 4.78 is 15.4. The van der Waals surface area contributed by atoms with Crippen molar-refractivity contribution in [1.82, 2.24) is 4.72 Å². The Labute approximate surface area is 132 Å². The number of hydrogen-bond donors (Lipinski definition) is 1. The Balaban J connectivity index is 2.29. The molecule has 5 nitrogen and oxygen atoms in total. The zero-order valence-corrected chi connectivity index (χ0v) is 13.3. The van der Waals surface area contributed by atoms with E-state index in [9.17, 15) is 14.3 Å². The monoisotopic (exact) mass is 318 g/mol. The molecular weight excluding hydrogens is 300 g/mol. The molecule has 0 saturated carbocycles. The summed E-state index contributed by atoms with van der Waals surface area (Å²) in [5.41, 5.74) is 0.782. The van der Waals surface area contributed by atoms with Gasteiger partial charge in [-0.2, -0.15) is 0 Å². The van der Waals surface area contributed by atoms with E-state index in [1.54, 1.807) is 31.2 Å². The maximum atomic E-state index is 12.5. The molecule has 2 aromatic rings. The van der Waals surface area contributed by atoms with Crippen molar-refractivity contribution in [2.75, 3.05) is 6.54 Å². The molecule has 2 atom stereocenters. The summed E-state index contributed by atoms with van der Waals surface area (Å²) in [5, 5.41) is 11.0. The zero-order chi connectivity index (χ0) is 16.2. The lowest BCUT2D eigenvalue weighted by molar-refractivity contribution is -0.490. The van der Waals surface area contributed by atoms with Crippen LogP contribution in [-0.2, 0) is 16.5 Å². The molecular formula is C16H18N2O3S. The fraction of sp³-hybridized carbons (Fsp3) is 0.250. The van der Waals surface area contributed by atoms with Crippen LogP contribution in [0.25, 0.3) is 0 Å². The summed E-state index contributed by atoms with van der Waals surface area (Å²) >= 11 is 0. The normalized spacial score (nSPS) is 15.0. The lowest BCUT2D eigenvalue weighted by Gasteiger charge is -2.26. The molecule has 0 radical (unpaired) electrons. The standard InChI is InChI=1S/C16H18N2O3S/c1-13-8-10-15(11-9-13)22(21)17-16(2,12-18(19)20)14-6-4-3-5-7-14/h3-11,17H,12H2,1-2H3/t16-,22?/m0/s1. The van der Waals surface area contributed by atoms with Gasteiger partial charge in [-0.25, -0.2) is 8.93 Å². The average Bonchev–Trinajstić information content (AvgIpc) is 2.48. The van der Waals surface area contributed by atoms with Gasteiger partial charge in [0, 0.05) is 4.92 Å².